The van der Waals surface area contributed by atoms with E-state index in [-0.39, 0.29) is 11.5 Å². The smallest absolute Gasteiger partial charge is 0.119 e. The van der Waals surface area contributed by atoms with Crippen molar-refractivity contribution in [3.05, 3.63) is 113 Å². The third-order valence-electron chi connectivity index (χ3n) is 6.10. The van der Waals surface area contributed by atoms with E-state index in [1.165, 1.54) is 16.7 Å². The summed E-state index contributed by atoms with van der Waals surface area (Å²) in [6.07, 6.45) is 0. The van der Waals surface area contributed by atoms with Crippen LogP contribution in [-0.4, -0.2) is 17.3 Å². The van der Waals surface area contributed by atoms with E-state index in [2.05, 4.69) is 37.3 Å². The highest BCUT2D eigenvalue weighted by atomic mass is 16.5. The Kier molecular flexibility index (Phi) is 4.07. The van der Waals surface area contributed by atoms with Gasteiger partial charge in [0.05, 0.1) is 12.5 Å². The Bertz CT molecular complexity index is 1190. The minimum atomic E-state index is -0.589. The van der Waals surface area contributed by atoms with Crippen LogP contribution < -0.4 is 4.74 Å². The summed E-state index contributed by atoms with van der Waals surface area (Å²) in [7, 11) is 1.68. The molecule has 0 spiro atoms. The second-order valence-electron chi connectivity index (χ2n) is 7.80. The van der Waals surface area contributed by atoms with E-state index < -0.39 is 5.41 Å². The van der Waals surface area contributed by atoms with Crippen LogP contribution >= 0.6 is 0 Å². The summed E-state index contributed by atoms with van der Waals surface area (Å²) in [6.45, 7) is 2.10. The quantitative estimate of drug-likeness (QED) is 0.408. The minimum Gasteiger partial charge on any atom is -0.508 e. The first-order valence-corrected chi connectivity index (χ1v) is 9.93. The minimum absolute atomic E-state index is 0.229. The van der Waals surface area contributed by atoms with Crippen molar-refractivity contribution in [1.29, 1.82) is 0 Å². The normalized spacial score (nSPS) is 13.5. The van der Waals surface area contributed by atoms with E-state index in [1.807, 2.05) is 30.3 Å². The van der Waals surface area contributed by atoms with Crippen LogP contribution in [0.25, 0.3) is 11.1 Å². The van der Waals surface area contributed by atoms with Gasteiger partial charge in [0.15, 0.2) is 0 Å². The molecule has 5 rings (SSSR count). The fourth-order valence-corrected chi connectivity index (χ4v) is 4.76. The number of aryl methyl sites for hydroxylation is 1. The van der Waals surface area contributed by atoms with Crippen LogP contribution in [0.1, 0.15) is 27.8 Å². The second kappa shape index (κ2) is 6.67. The Hall–Kier alpha value is -3.72. The van der Waals surface area contributed by atoms with Crippen molar-refractivity contribution < 1.29 is 14.9 Å². The third kappa shape index (κ3) is 2.52. The molecule has 30 heavy (non-hydrogen) atoms. The van der Waals surface area contributed by atoms with Gasteiger partial charge in [-0.15, -0.1) is 0 Å². The summed E-state index contributed by atoms with van der Waals surface area (Å²) in [6, 6.07) is 27.6. The van der Waals surface area contributed by atoms with Gasteiger partial charge >= 0.3 is 0 Å². The predicted molar refractivity (Wildman–Crippen MR) is 118 cm³/mol. The molecule has 0 saturated heterocycles. The molecule has 0 aromatic heterocycles. The predicted octanol–water partition coefficient (Wildman–Crippen LogP) is 5.78. The number of fused-ring (bicyclic) bond motifs is 3. The van der Waals surface area contributed by atoms with Crippen LogP contribution in [0.2, 0.25) is 0 Å². The molecule has 0 fully saturated rings. The maximum Gasteiger partial charge on any atom is 0.119 e. The Morgan fingerprint density at radius 3 is 1.80 bits per heavy atom. The van der Waals surface area contributed by atoms with Crippen LogP contribution in [0, 0.1) is 6.92 Å². The molecular formula is C27H22O3. The molecule has 4 aromatic carbocycles. The van der Waals surface area contributed by atoms with Gasteiger partial charge in [-0.25, -0.2) is 0 Å². The Morgan fingerprint density at radius 1 is 0.633 bits per heavy atom. The zero-order valence-corrected chi connectivity index (χ0v) is 16.9. The van der Waals surface area contributed by atoms with Gasteiger partial charge in [0.25, 0.3) is 0 Å². The van der Waals surface area contributed by atoms with Crippen molar-refractivity contribution >= 4 is 0 Å². The van der Waals surface area contributed by atoms with Crippen molar-refractivity contribution in [3.63, 3.8) is 0 Å². The first-order chi connectivity index (χ1) is 14.5. The fourth-order valence-electron chi connectivity index (χ4n) is 4.76. The third-order valence-corrected chi connectivity index (χ3v) is 6.10. The fraction of sp³-hybridized carbons (Fsp3) is 0.111. The lowest BCUT2D eigenvalue weighted by Crippen LogP contribution is -2.28. The molecule has 0 radical (unpaired) electrons. The van der Waals surface area contributed by atoms with Gasteiger partial charge in [-0.3, -0.25) is 0 Å². The van der Waals surface area contributed by atoms with Gasteiger partial charge in [0.1, 0.15) is 17.2 Å². The zero-order chi connectivity index (χ0) is 20.9. The number of ether oxygens (including phenoxy) is 1. The molecular weight excluding hydrogens is 372 g/mol. The summed E-state index contributed by atoms with van der Waals surface area (Å²) in [4.78, 5) is 0. The first-order valence-electron chi connectivity index (χ1n) is 9.93. The second-order valence-corrected chi connectivity index (χ2v) is 7.80. The molecule has 2 N–H and O–H groups in total. The largest absolute Gasteiger partial charge is 0.508 e. The average Bonchev–Trinajstić information content (AvgIpc) is 3.04. The van der Waals surface area contributed by atoms with Crippen molar-refractivity contribution in [2.45, 2.75) is 12.3 Å². The highest BCUT2D eigenvalue weighted by molar-refractivity contribution is 5.87. The molecule has 0 bridgehead atoms. The Labute approximate surface area is 175 Å². The van der Waals surface area contributed by atoms with Gasteiger partial charge in [0.2, 0.25) is 0 Å². The lowest BCUT2D eigenvalue weighted by atomic mass is 9.67. The summed E-state index contributed by atoms with van der Waals surface area (Å²) >= 11 is 0. The molecule has 4 aromatic rings. The number of rotatable bonds is 3. The van der Waals surface area contributed by atoms with E-state index in [9.17, 15) is 10.2 Å². The highest BCUT2D eigenvalue weighted by Crippen LogP contribution is 2.57. The molecule has 0 saturated carbocycles. The molecule has 0 heterocycles. The summed E-state index contributed by atoms with van der Waals surface area (Å²) < 4.78 is 5.59. The van der Waals surface area contributed by atoms with Gasteiger partial charge in [0, 0.05) is 0 Å². The van der Waals surface area contributed by atoms with E-state index in [1.54, 1.807) is 31.4 Å². The molecule has 0 aliphatic heterocycles. The van der Waals surface area contributed by atoms with E-state index in [0.717, 1.165) is 28.0 Å². The van der Waals surface area contributed by atoms with Crippen LogP contribution in [-0.2, 0) is 5.41 Å². The lowest BCUT2D eigenvalue weighted by molar-refractivity contribution is 0.414. The molecule has 0 amide bonds. The van der Waals surface area contributed by atoms with E-state index in [4.69, 9.17) is 4.74 Å². The molecule has 3 nitrogen and oxygen atoms in total. The molecule has 3 heteroatoms. The van der Waals surface area contributed by atoms with Crippen LogP contribution in [0.3, 0.4) is 0 Å². The Balaban J connectivity index is 1.95. The average molecular weight is 394 g/mol. The zero-order valence-electron chi connectivity index (χ0n) is 16.9. The highest BCUT2D eigenvalue weighted by Gasteiger charge is 2.46. The molecule has 148 valence electrons. The summed E-state index contributed by atoms with van der Waals surface area (Å²) in [5.74, 6) is 1.25. The van der Waals surface area contributed by atoms with E-state index in [0.29, 0.717) is 0 Å². The number of hydrogen-bond donors (Lipinski definition) is 2. The van der Waals surface area contributed by atoms with Crippen LogP contribution in [0.4, 0.5) is 0 Å². The standard InChI is InChI=1S/C27H22O3/c1-17-3-14-25-24(15-17)23-13-12-22(30-2)16-26(23)27(25,18-4-8-20(28)9-5-18)19-6-10-21(29)11-7-19/h3-16,28-29H,1-2H3. The number of hydrogen-bond acceptors (Lipinski definition) is 3. The number of phenolic OH excluding ortho intramolecular Hbond substituents is 2. The number of methoxy groups -OCH3 is 1. The number of phenols is 2. The molecule has 0 unspecified atom stereocenters. The summed E-state index contributed by atoms with van der Waals surface area (Å²) in [5.41, 5.74) is 7.35. The van der Waals surface area contributed by atoms with Crippen LogP contribution in [0.5, 0.6) is 17.2 Å². The van der Waals surface area contributed by atoms with Gasteiger partial charge in [-0.2, -0.15) is 0 Å². The van der Waals surface area contributed by atoms with Gasteiger partial charge in [-0.05, 0) is 76.7 Å². The molecule has 1 aliphatic carbocycles. The van der Waals surface area contributed by atoms with Crippen molar-refractivity contribution in [2.75, 3.05) is 7.11 Å². The number of benzene rings is 4. The molecule has 1 aliphatic rings. The number of aromatic hydroxyl groups is 2. The maximum absolute atomic E-state index is 9.95. The van der Waals surface area contributed by atoms with Crippen LogP contribution in [0.15, 0.2) is 84.9 Å². The van der Waals surface area contributed by atoms with Crippen molar-refractivity contribution in [2.24, 2.45) is 0 Å². The molecule has 0 atom stereocenters. The van der Waals surface area contributed by atoms with Gasteiger partial charge in [-0.1, -0.05) is 54.1 Å². The Morgan fingerprint density at radius 2 is 1.23 bits per heavy atom. The topological polar surface area (TPSA) is 49.7 Å². The SMILES string of the molecule is COc1ccc2c(c1)C(c1ccc(O)cc1)(c1ccc(O)cc1)c1ccc(C)cc1-2. The van der Waals surface area contributed by atoms with Crippen molar-refractivity contribution in [1.82, 2.24) is 0 Å². The lowest BCUT2D eigenvalue weighted by Gasteiger charge is -2.34. The monoisotopic (exact) mass is 394 g/mol. The summed E-state index contributed by atoms with van der Waals surface area (Å²) in [5, 5.41) is 19.9. The first kappa shape index (κ1) is 18.3. The van der Waals surface area contributed by atoms with Crippen molar-refractivity contribution in [3.8, 4) is 28.4 Å². The van der Waals surface area contributed by atoms with E-state index >= 15 is 0 Å². The maximum atomic E-state index is 9.95. The van der Waals surface area contributed by atoms with Gasteiger partial charge < -0.3 is 14.9 Å².